The van der Waals surface area contributed by atoms with Crippen LogP contribution in [0.4, 0.5) is 4.79 Å². The lowest BCUT2D eigenvalue weighted by Crippen LogP contribution is -2.60. The SMILES string of the molecule is CC[C@H](C)[C@@H]([C@@H](CC(=O)N1CCC[C@H]1[C@H](OC)[C@@H](C)C(=O)N[C@H](C)C(=O)c1ccccc1)OC)N(C)C(=O)[C@@H](NC(=O)[C@H](C(C)C)N(C)C(=O)O[C@H]1CCC[C@@H]1SSI)C(C)C. The molecule has 2 N–H and O–H groups in total. The molecule has 11 atom stereocenters. The van der Waals surface area contributed by atoms with E-state index in [-0.39, 0.29) is 59.0 Å². The molecule has 0 unspecified atom stereocenters. The molecule has 2 aliphatic rings. The lowest BCUT2D eigenvalue weighted by Gasteiger charge is -2.41. The van der Waals surface area contributed by atoms with Crippen molar-refractivity contribution in [3.8, 4) is 0 Å². The maximum Gasteiger partial charge on any atom is 0.410 e. The molecule has 1 aromatic rings. The van der Waals surface area contributed by atoms with E-state index >= 15 is 0 Å². The predicted molar refractivity (Wildman–Crippen MR) is 255 cm³/mol. The summed E-state index contributed by atoms with van der Waals surface area (Å²) in [7, 11) is 9.63. The van der Waals surface area contributed by atoms with Gasteiger partial charge in [0, 0.05) is 61.6 Å². The van der Waals surface area contributed by atoms with Crippen molar-refractivity contribution in [1.29, 1.82) is 0 Å². The molecule has 3 rings (SSSR count). The fraction of sp³-hybridized carbons (Fsp3) is 0.733. The molecule has 1 saturated carbocycles. The fourth-order valence-corrected chi connectivity index (χ4v) is 13.0. The van der Waals surface area contributed by atoms with Crippen LogP contribution in [0.15, 0.2) is 30.3 Å². The van der Waals surface area contributed by atoms with Gasteiger partial charge in [0.15, 0.2) is 5.78 Å². The van der Waals surface area contributed by atoms with Gasteiger partial charge in [0.05, 0.1) is 47.9 Å². The summed E-state index contributed by atoms with van der Waals surface area (Å²) in [6.07, 6.45) is 2.58. The summed E-state index contributed by atoms with van der Waals surface area (Å²) < 4.78 is 17.9. The number of carbonyl (C=O) groups excluding carboxylic acids is 6. The van der Waals surface area contributed by atoms with E-state index in [0.717, 1.165) is 25.7 Å². The number of rotatable bonds is 23. The Kier molecular flexibility index (Phi) is 22.3. The first kappa shape index (κ1) is 53.7. The Bertz CT molecular complexity index is 1640. The largest absolute Gasteiger partial charge is 0.445 e. The highest BCUT2D eigenvalue weighted by atomic mass is 127. The van der Waals surface area contributed by atoms with E-state index in [1.807, 2.05) is 47.6 Å². The Labute approximate surface area is 390 Å². The Hall–Kier alpha value is -2.61. The van der Waals surface area contributed by atoms with Crippen LogP contribution in [0, 0.1) is 23.7 Å². The Morgan fingerprint density at radius 3 is 2.08 bits per heavy atom. The van der Waals surface area contributed by atoms with Crippen molar-refractivity contribution in [1.82, 2.24) is 25.3 Å². The number of ether oxygens (including phenoxy) is 3. The van der Waals surface area contributed by atoms with E-state index in [1.165, 1.54) is 19.1 Å². The predicted octanol–water partition coefficient (Wildman–Crippen LogP) is 7.18. The van der Waals surface area contributed by atoms with E-state index < -0.39 is 60.3 Å². The highest BCUT2D eigenvalue weighted by molar-refractivity contribution is 14.2. The van der Waals surface area contributed by atoms with Crippen LogP contribution >= 0.6 is 40.0 Å². The molecule has 1 aliphatic heterocycles. The van der Waals surface area contributed by atoms with Gasteiger partial charge in [-0.3, -0.25) is 28.9 Å². The molecule has 2 fully saturated rings. The van der Waals surface area contributed by atoms with Crippen molar-refractivity contribution in [2.45, 2.75) is 154 Å². The number of Topliss-reactive ketones (excluding diaryl/α,β-unsaturated/α-hetero) is 1. The van der Waals surface area contributed by atoms with Crippen LogP contribution in [0.25, 0.3) is 0 Å². The molecule has 5 amide bonds. The van der Waals surface area contributed by atoms with E-state index in [0.29, 0.717) is 24.9 Å². The monoisotopic (exact) mass is 1020 g/mol. The van der Waals surface area contributed by atoms with Gasteiger partial charge in [-0.2, -0.15) is 0 Å². The maximum atomic E-state index is 14.6. The van der Waals surface area contributed by atoms with Crippen LogP contribution < -0.4 is 10.6 Å². The number of nitrogens with zero attached hydrogens (tertiary/aromatic N) is 3. The quantitative estimate of drug-likeness (QED) is 0.0649. The van der Waals surface area contributed by atoms with Crippen LogP contribution in [-0.2, 0) is 33.4 Å². The van der Waals surface area contributed by atoms with Gasteiger partial charge in [-0.25, -0.2) is 4.79 Å². The molecule has 0 spiro atoms. The van der Waals surface area contributed by atoms with Crippen molar-refractivity contribution >= 4 is 75.5 Å². The zero-order valence-corrected chi connectivity index (χ0v) is 42.5. The van der Waals surface area contributed by atoms with Gasteiger partial charge in [-0.1, -0.05) is 96.0 Å². The third-order valence-electron chi connectivity index (χ3n) is 12.7. The fourth-order valence-electron chi connectivity index (χ4n) is 8.98. The minimum atomic E-state index is -0.932. The van der Waals surface area contributed by atoms with Gasteiger partial charge in [0.25, 0.3) is 0 Å². The minimum Gasteiger partial charge on any atom is -0.445 e. The number of methoxy groups -OCH3 is 2. The molecule has 62 heavy (non-hydrogen) atoms. The van der Waals surface area contributed by atoms with Crippen LogP contribution in [0.5, 0.6) is 0 Å². The zero-order chi connectivity index (χ0) is 46.4. The average molecular weight is 1020 g/mol. The summed E-state index contributed by atoms with van der Waals surface area (Å²) in [5.41, 5.74) is 0.504. The number of nitrogens with one attached hydrogen (secondary N) is 2. The number of likely N-dealkylation sites (N-methyl/N-ethyl adjacent to an activating group) is 2. The molecule has 350 valence electrons. The second-order valence-electron chi connectivity index (χ2n) is 17.6. The minimum absolute atomic E-state index is 0.0306. The average Bonchev–Trinajstić information content (AvgIpc) is 3.91. The third kappa shape index (κ3) is 13.9. The van der Waals surface area contributed by atoms with Gasteiger partial charge in [0.1, 0.15) is 18.2 Å². The lowest BCUT2D eigenvalue weighted by molar-refractivity contribution is -0.148. The molecule has 0 radical (unpaired) electrons. The van der Waals surface area contributed by atoms with Crippen LogP contribution in [0.1, 0.15) is 111 Å². The number of ketones is 1. The number of benzene rings is 1. The number of hydrogen-bond donors (Lipinski definition) is 2. The van der Waals surface area contributed by atoms with E-state index in [4.69, 9.17) is 14.2 Å². The standard InChI is InChI=1S/C45H72IN5O9S2/c1-13-28(6)39(49(9)44(56)37(26(2)3)48-43(55)38(27(4)5)50(10)45(57)60-33-22-17-23-35(33)61-62-46)34(58-11)25-36(52)51-24-18-21-32(51)41(59-12)29(7)42(54)47-30(8)40(53)31-19-15-14-16-20-31/h14-16,19-20,26-30,32-35,37-39,41H,13,17-18,21-25H2,1-12H3,(H,47,54)(H,48,55)/t28-,29+,30+,32-,33-,34+,35-,37-,38-,39-,41+/m0/s1. The normalized spacial score (nSPS) is 21.6. The van der Waals surface area contributed by atoms with Gasteiger partial charge in [-0.15, -0.1) is 0 Å². The van der Waals surface area contributed by atoms with Gasteiger partial charge in [0.2, 0.25) is 23.6 Å². The van der Waals surface area contributed by atoms with Crippen molar-refractivity contribution in [2.24, 2.45) is 23.7 Å². The summed E-state index contributed by atoms with van der Waals surface area (Å²) in [4.78, 5) is 87.7. The number of hydrogen-bond acceptors (Lipinski definition) is 11. The zero-order valence-electron chi connectivity index (χ0n) is 38.8. The molecular formula is C45H72IN5O9S2. The first-order chi connectivity index (χ1) is 29.3. The number of halogens is 1. The smallest absolute Gasteiger partial charge is 0.410 e. The van der Waals surface area contributed by atoms with E-state index in [1.54, 1.807) is 80.8 Å². The highest BCUT2D eigenvalue weighted by Gasteiger charge is 2.44. The van der Waals surface area contributed by atoms with Gasteiger partial charge in [-0.05, 0) is 64.7 Å². The Morgan fingerprint density at radius 2 is 1.52 bits per heavy atom. The van der Waals surface area contributed by atoms with Crippen molar-refractivity contribution < 1.29 is 43.0 Å². The summed E-state index contributed by atoms with van der Waals surface area (Å²) in [5.74, 6) is -2.87. The van der Waals surface area contributed by atoms with Crippen LogP contribution in [0.3, 0.4) is 0 Å². The Balaban J connectivity index is 1.76. The molecule has 0 aromatic heterocycles. The number of amides is 5. The highest BCUT2D eigenvalue weighted by Crippen LogP contribution is 2.42. The number of carbonyl (C=O) groups is 6. The van der Waals surface area contributed by atoms with E-state index in [2.05, 4.69) is 31.8 Å². The molecular weight excluding hydrogens is 946 g/mol. The summed E-state index contributed by atoms with van der Waals surface area (Å²) in [6, 6.07) is 5.29. The second kappa shape index (κ2) is 25.8. The summed E-state index contributed by atoms with van der Waals surface area (Å²) >= 11 is 2.23. The molecule has 1 aliphatic carbocycles. The second-order valence-corrected chi connectivity index (χ2v) is 22.7. The lowest BCUT2D eigenvalue weighted by atomic mass is 9.89. The Morgan fingerprint density at radius 1 is 0.855 bits per heavy atom. The maximum absolute atomic E-state index is 14.6. The van der Waals surface area contributed by atoms with Gasteiger partial charge < -0.3 is 34.6 Å². The van der Waals surface area contributed by atoms with Crippen molar-refractivity contribution in [3.05, 3.63) is 35.9 Å². The van der Waals surface area contributed by atoms with Crippen LogP contribution in [-0.4, -0.2) is 139 Å². The molecule has 1 aromatic carbocycles. The molecule has 17 heteroatoms. The summed E-state index contributed by atoms with van der Waals surface area (Å²) in [5, 5.41) is 6.03. The van der Waals surface area contributed by atoms with Crippen LogP contribution in [0.2, 0.25) is 0 Å². The van der Waals surface area contributed by atoms with Crippen molar-refractivity contribution in [3.63, 3.8) is 0 Å². The first-order valence-corrected chi connectivity index (χ1v) is 26.8. The topological polar surface area (TPSA) is 164 Å². The molecule has 0 bridgehead atoms. The molecule has 1 heterocycles. The van der Waals surface area contributed by atoms with Gasteiger partial charge >= 0.3 is 6.09 Å². The van der Waals surface area contributed by atoms with Crippen molar-refractivity contribution in [2.75, 3.05) is 34.9 Å². The third-order valence-corrected chi connectivity index (χ3v) is 16.4. The summed E-state index contributed by atoms with van der Waals surface area (Å²) in [6.45, 7) is 15.3. The first-order valence-electron chi connectivity index (χ1n) is 22.0. The molecule has 14 nitrogen and oxygen atoms in total. The number of likely N-dealkylation sites (tertiary alicyclic amines) is 1. The van der Waals surface area contributed by atoms with E-state index in [9.17, 15) is 28.8 Å². The molecule has 1 saturated heterocycles.